The van der Waals surface area contributed by atoms with E-state index >= 15 is 0 Å². The molecule has 2 aromatic rings. The first-order valence-corrected chi connectivity index (χ1v) is 5.95. The van der Waals surface area contributed by atoms with Crippen molar-refractivity contribution in [3.8, 4) is 5.75 Å². The molecule has 0 radical (unpaired) electrons. The lowest BCUT2D eigenvalue weighted by molar-refractivity contribution is 0.397. The third-order valence-electron chi connectivity index (χ3n) is 3.07. The van der Waals surface area contributed by atoms with Crippen molar-refractivity contribution < 1.29 is 9.15 Å². The van der Waals surface area contributed by atoms with Crippen molar-refractivity contribution in [3.63, 3.8) is 0 Å². The molecule has 0 aliphatic carbocycles. The molecule has 3 heteroatoms. The van der Waals surface area contributed by atoms with Crippen LogP contribution in [0, 0.1) is 6.92 Å². The molecule has 1 aromatic heterocycles. The Labute approximate surface area is 102 Å². The highest BCUT2D eigenvalue weighted by Gasteiger charge is 2.15. The molecule has 0 fully saturated rings. The Balaban J connectivity index is 2.56. The lowest BCUT2D eigenvalue weighted by Gasteiger charge is -2.09. The third kappa shape index (κ3) is 2.15. The first-order valence-electron chi connectivity index (χ1n) is 5.95. The van der Waals surface area contributed by atoms with Gasteiger partial charge in [-0.05, 0) is 44.2 Å². The zero-order valence-electron chi connectivity index (χ0n) is 10.8. The fraction of sp³-hybridized carbons (Fsp3) is 0.429. The van der Waals surface area contributed by atoms with Crippen LogP contribution in [0.1, 0.15) is 30.7 Å². The molecule has 1 aromatic carbocycles. The van der Waals surface area contributed by atoms with Crippen molar-refractivity contribution in [2.24, 2.45) is 0 Å². The highest BCUT2D eigenvalue weighted by Crippen LogP contribution is 2.32. The van der Waals surface area contributed by atoms with Crippen molar-refractivity contribution in [2.45, 2.75) is 26.3 Å². The molecular formula is C14H19NO2. The average molecular weight is 233 g/mol. The number of aryl methyl sites for hydroxylation is 1. The monoisotopic (exact) mass is 233 g/mol. The van der Waals surface area contributed by atoms with Gasteiger partial charge in [0.25, 0.3) is 0 Å². The maximum absolute atomic E-state index is 5.90. The molecule has 0 bridgehead atoms. The largest absolute Gasteiger partial charge is 0.493 e. The minimum absolute atomic E-state index is 0.257. The SMILES string of the molecule is CCC(NC)c1cc2cc(C)cc(OC)c2o1. The van der Waals surface area contributed by atoms with E-state index in [9.17, 15) is 0 Å². The lowest BCUT2D eigenvalue weighted by atomic mass is 10.1. The van der Waals surface area contributed by atoms with Gasteiger partial charge in [0.15, 0.2) is 11.3 Å². The molecule has 1 N–H and O–H groups in total. The van der Waals surface area contributed by atoms with Gasteiger partial charge < -0.3 is 14.5 Å². The van der Waals surface area contributed by atoms with Crippen molar-refractivity contribution in [1.29, 1.82) is 0 Å². The smallest absolute Gasteiger partial charge is 0.176 e. The van der Waals surface area contributed by atoms with Gasteiger partial charge in [0.05, 0.1) is 13.2 Å². The molecule has 0 aliphatic rings. The zero-order chi connectivity index (χ0) is 12.4. The number of methoxy groups -OCH3 is 1. The molecule has 92 valence electrons. The first-order chi connectivity index (χ1) is 8.19. The summed E-state index contributed by atoms with van der Waals surface area (Å²) in [6.07, 6.45) is 0.998. The predicted molar refractivity (Wildman–Crippen MR) is 69.6 cm³/mol. The van der Waals surface area contributed by atoms with E-state index in [2.05, 4.69) is 31.3 Å². The predicted octanol–water partition coefficient (Wildman–Crippen LogP) is 3.42. The topological polar surface area (TPSA) is 34.4 Å². The number of hydrogen-bond acceptors (Lipinski definition) is 3. The number of nitrogens with one attached hydrogen (secondary N) is 1. The van der Waals surface area contributed by atoms with Gasteiger partial charge in [-0.1, -0.05) is 6.92 Å². The molecule has 17 heavy (non-hydrogen) atoms. The van der Waals surface area contributed by atoms with Gasteiger partial charge >= 0.3 is 0 Å². The Morgan fingerprint density at radius 2 is 2.12 bits per heavy atom. The highest BCUT2D eigenvalue weighted by atomic mass is 16.5. The molecule has 0 saturated heterocycles. The molecule has 0 aliphatic heterocycles. The van der Waals surface area contributed by atoms with Gasteiger partial charge in [0.2, 0.25) is 0 Å². The van der Waals surface area contributed by atoms with Crippen LogP contribution in [0.4, 0.5) is 0 Å². The Hall–Kier alpha value is -1.48. The van der Waals surface area contributed by atoms with E-state index in [-0.39, 0.29) is 6.04 Å². The number of benzene rings is 1. The van der Waals surface area contributed by atoms with E-state index in [0.29, 0.717) is 0 Å². The maximum Gasteiger partial charge on any atom is 0.176 e. The summed E-state index contributed by atoms with van der Waals surface area (Å²) in [5, 5.41) is 4.35. The van der Waals surface area contributed by atoms with Gasteiger partial charge in [-0.2, -0.15) is 0 Å². The molecule has 3 nitrogen and oxygen atoms in total. The Bertz CT molecular complexity index is 512. The number of ether oxygens (including phenoxy) is 1. The van der Waals surface area contributed by atoms with Crippen molar-refractivity contribution >= 4 is 11.0 Å². The summed E-state index contributed by atoms with van der Waals surface area (Å²) in [6.45, 7) is 4.20. The molecule has 0 saturated carbocycles. The molecule has 1 heterocycles. The second-order valence-electron chi connectivity index (χ2n) is 4.28. The summed E-state index contributed by atoms with van der Waals surface area (Å²) in [4.78, 5) is 0. The summed E-state index contributed by atoms with van der Waals surface area (Å²) in [6, 6.07) is 6.46. The van der Waals surface area contributed by atoms with Crippen LogP contribution < -0.4 is 10.1 Å². The van der Waals surface area contributed by atoms with E-state index < -0.39 is 0 Å². The minimum atomic E-state index is 0.257. The van der Waals surface area contributed by atoms with Crippen LogP contribution in [0.3, 0.4) is 0 Å². The minimum Gasteiger partial charge on any atom is -0.493 e. The van der Waals surface area contributed by atoms with Crippen LogP contribution in [0.2, 0.25) is 0 Å². The average Bonchev–Trinajstić information content (AvgIpc) is 2.73. The Morgan fingerprint density at radius 1 is 1.35 bits per heavy atom. The maximum atomic E-state index is 5.90. The van der Waals surface area contributed by atoms with Gasteiger partial charge in [-0.3, -0.25) is 0 Å². The first kappa shape index (κ1) is 12.0. The number of fused-ring (bicyclic) bond motifs is 1. The van der Waals surface area contributed by atoms with E-state index in [0.717, 1.165) is 28.9 Å². The second kappa shape index (κ2) is 4.80. The fourth-order valence-electron chi connectivity index (χ4n) is 2.16. The fourth-order valence-corrected chi connectivity index (χ4v) is 2.16. The van der Waals surface area contributed by atoms with E-state index in [1.807, 2.05) is 13.1 Å². The molecule has 0 amide bonds. The highest BCUT2D eigenvalue weighted by molar-refractivity contribution is 5.84. The normalized spacial score (nSPS) is 12.9. The van der Waals surface area contributed by atoms with Crippen molar-refractivity contribution in [3.05, 3.63) is 29.5 Å². The standard InChI is InChI=1S/C14H19NO2/c1-5-11(15-3)12-8-10-6-9(2)7-13(16-4)14(10)17-12/h6-8,11,15H,5H2,1-4H3. The Morgan fingerprint density at radius 3 is 2.71 bits per heavy atom. The molecule has 2 rings (SSSR count). The molecule has 1 atom stereocenters. The van der Waals surface area contributed by atoms with Crippen LogP contribution in [0.15, 0.2) is 22.6 Å². The molecule has 0 spiro atoms. The quantitative estimate of drug-likeness (QED) is 0.878. The van der Waals surface area contributed by atoms with Gasteiger partial charge in [0.1, 0.15) is 5.76 Å². The van der Waals surface area contributed by atoms with E-state index in [1.54, 1.807) is 7.11 Å². The lowest BCUT2D eigenvalue weighted by Crippen LogP contribution is -2.14. The number of rotatable bonds is 4. The van der Waals surface area contributed by atoms with Gasteiger partial charge in [-0.15, -0.1) is 0 Å². The van der Waals surface area contributed by atoms with Crippen LogP contribution >= 0.6 is 0 Å². The van der Waals surface area contributed by atoms with E-state index in [1.165, 1.54) is 5.56 Å². The van der Waals surface area contributed by atoms with Crippen LogP contribution in [0.25, 0.3) is 11.0 Å². The van der Waals surface area contributed by atoms with Gasteiger partial charge in [0, 0.05) is 5.39 Å². The third-order valence-corrected chi connectivity index (χ3v) is 3.07. The van der Waals surface area contributed by atoms with E-state index in [4.69, 9.17) is 9.15 Å². The summed E-state index contributed by atoms with van der Waals surface area (Å²) >= 11 is 0. The summed E-state index contributed by atoms with van der Waals surface area (Å²) in [5.74, 6) is 1.77. The summed E-state index contributed by atoms with van der Waals surface area (Å²) < 4.78 is 11.3. The van der Waals surface area contributed by atoms with Crippen LogP contribution in [0.5, 0.6) is 5.75 Å². The molecular weight excluding hydrogens is 214 g/mol. The van der Waals surface area contributed by atoms with Crippen molar-refractivity contribution in [1.82, 2.24) is 5.32 Å². The summed E-state index contributed by atoms with van der Waals surface area (Å²) in [7, 11) is 3.62. The van der Waals surface area contributed by atoms with Crippen LogP contribution in [-0.4, -0.2) is 14.2 Å². The zero-order valence-corrected chi connectivity index (χ0v) is 10.8. The number of furan rings is 1. The second-order valence-corrected chi connectivity index (χ2v) is 4.28. The Kier molecular flexibility index (Phi) is 3.38. The number of hydrogen-bond donors (Lipinski definition) is 1. The summed E-state index contributed by atoms with van der Waals surface area (Å²) in [5.41, 5.74) is 2.01. The van der Waals surface area contributed by atoms with Crippen molar-refractivity contribution in [2.75, 3.05) is 14.2 Å². The van der Waals surface area contributed by atoms with Gasteiger partial charge in [-0.25, -0.2) is 0 Å². The van der Waals surface area contributed by atoms with Crippen LogP contribution in [-0.2, 0) is 0 Å². The molecule has 1 unspecified atom stereocenters.